The van der Waals surface area contributed by atoms with Gasteiger partial charge in [0.25, 0.3) is 0 Å². The van der Waals surface area contributed by atoms with Crippen LogP contribution < -0.4 is 10.6 Å². The third-order valence-electron chi connectivity index (χ3n) is 6.98. The van der Waals surface area contributed by atoms with Gasteiger partial charge in [0.2, 0.25) is 0 Å². The third kappa shape index (κ3) is 4.36. The van der Waals surface area contributed by atoms with Gasteiger partial charge < -0.3 is 10.6 Å². The Kier molecular flexibility index (Phi) is 6.19. The monoisotopic (exact) mass is 495 g/mol. The Morgan fingerprint density at radius 2 is 1.74 bits per heavy atom. The van der Waals surface area contributed by atoms with E-state index >= 15 is 0 Å². The molecule has 1 saturated carbocycles. The van der Waals surface area contributed by atoms with E-state index in [9.17, 15) is 8.42 Å². The number of hydrogen-bond acceptors (Lipinski definition) is 5. The fourth-order valence-electron chi connectivity index (χ4n) is 4.95. The largest absolute Gasteiger partial charge is 0.354 e. The number of nitrogens with zero attached hydrogens (tertiary/aromatic N) is 1. The van der Waals surface area contributed by atoms with Crippen molar-refractivity contribution in [1.82, 2.24) is 10.2 Å². The van der Waals surface area contributed by atoms with Crippen molar-refractivity contribution in [3.63, 3.8) is 0 Å². The van der Waals surface area contributed by atoms with Gasteiger partial charge >= 0.3 is 0 Å². The van der Waals surface area contributed by atoms with Crippen LogP contribution in [0.2, 0.25) is 5.02 Å². The van der Waals surface area contributed by atoms with Gasteiger partial charge in [0.15, 0.2) is 9.84 Å². The van der Waals surface area contributed by atoms with Crippen LogP contribution in [-0.2, 0) is 15.4 Å². The quantitative estimate of drug-likeness (QED) is 0.479. The number of aryl methyl sites for hydroxylation is 2. The van der Waals surface area contributed by atoms with Gasteiger partial charge in [-0.1, -0.05) is 47.5 Å². The maximum Gasteiger partial charge on any atom is 0.195 e. The molecule has 1 aliphatic heterocycles. The summed E-state index contributed by atoms with van der Waals surface area (Å²) >= 11 is 6.44. The lowest BCUT2D eigenvalue weighted by molar-refractivity contribution is 0.130. The molecule has 2 N–H and O–H groups in total. The molecule has 2 aliphatic rings. The molecule has 1 heterocycles. The Labute approximate surface area is 207 Å². The first-order valence-electron chi connectivity index (χ1n) is 11.7. The summed E-state index contributed by atoms with van der Waals surface area (Å²) in [6.07, 6.45) is 1.89. The highest BCUT2D eigenvalue weighted by molar-refractivity contribution is 7.92. The van der Waals surface area contributed by atoms with Gasteiger partial charge in [0.05, 0.1) is 15.6 Å². The lowest BCUT2D eigenvalue weighted by Gasteiger charge is -2.42. The fourth-order valence-corrected chi connectivity index (χ4v) is 7.05. The molecule has 1 saturated heterocycles. The second-order valence-corrected chi connectivity index (χ2v) is 11.9. The lowest BCUT2D eigenvalue weighted by Crippen LogP contribution is -2.58. The van der Waals surface area contributed by atoms with Crippen LogP contribution in [0.25, 0.3) is 0 Å². The fraction of sp³-hybridized carbons (Fsp3) is 0.333. The molecule has 0 amide bonds. The summed E-state index contributed by atoms with van der Waals surface area (Å²) in [5.74, 6) is 0. The number of rotatable bonds is 6. The predicted octanol–water partition coefficient (Wildman–Crippen LogP) is 5.39. The zero-order valence-corrected chi connectivity index (χ0v) is 21.1. The van der Waals surface area contributed by atoms with Gasteiger partial charge in [0.1, 0.15) is 5.37 Å². The molecule has 1 atom stereocenters. The average molecular weight is 496 g/mol. The molecule has 178 valence electrons. The molecule has 3 aromatic rings. The van der Waals surface area contributed by atoms with Crippen LogP contribution in [-0.4, -0.2) is 38.3 Å². The molecule has 3 aromatic carbocycles. The summed E-state index contributed by atoms with van der Waals surface area (Å²) in [5.41, 5.74) is 4.85. The number of sulfone groups is 1. The highest BCUT2D eigenvalue weighted by Gasteiger charge is 2.54. The van der Waals surface area contributed by atoms with E-state index in [1.807, 2.05) is 56.3 Å². The maximum atomic E-state index is 13.7. The van der Waals surface area contributed by atoms with Crippen LogP contribution in [0.15, 0.2) is 71.6 Å². The first-order chi connectivity index (χ1) is 16.3. The van der Waals surface area contributed by atoms with Gasteiger partial charge in [-0.25, -0.2) is 8.42 Å². The van der Waals surface area contributed by atoms with Crippen molar-refractivity contribution >= 4 is 32.8 Å². The van der Waals surface area contributed by atoms with Crippen molar-refractivity contribution in [2.45, 2.75) is 42.5 Å². The van der Waals surface area contributed by atoms with Crippen molar-refractivity contribution in [1.29, 1.82) is 0 Å². The number of hydrogen-bond donors (Lipinski definition) is 2. The minimum absolute atomic E-state index is 0.265. The summed E-state index contributed by atoms with van der Waals surface area (Å²) in [4.78, 5) is 2.61. The maximum absolute atomic E-state index is 13.7. The minimum Gasteiger partial charge on any atom is -0.354 e. The Hall–Kier alpha value is -2.38. The van der Waals surface area contributed by atoms with E-state index in [2.05, 4.69) is 27.7 Å². The summed E-state index contributed by atoms with van der Waals surface area (Å²) in [6, 6.07) is 21.5. The minimum atomic E-state index is -3.52. The molecule has 34 heavy (non-hydrogen) atoms. The molecule has 0 bridgehead atoms. The number of halogens is 1. The molecule has 0 radical (unpaired) electrons. The molecular weight excluding hydrogens is 466 g/mol. The summed E-state index contributed by atoms with van der Waals surface area (Å²) in [7, 11) is -3.52. The normalized spacial score (nSPS) is 20.1. The van der Waals surface area contributed by atoms with Crippen molar-refractivity contribution in [2.75, 3.05) is 25.0 Å². The van der Waals surface area contributed by atoms with Crippen LogP contribution in [0.3, 0.4) is 0 Å². The van der Waals surface area contributed by atoms with Gasteiger partial charge in [-0.3, -0.25) is 4.90 Å². The van der Waals surface area contributed by atoms with Gasteiger partial charge in [0, 0.05) is 30.9 Å². The van der Waals surface area contributed by atoms with E-state index in [4.69, 9.17) is 11.6 Å². The van der Waals surface area contributed by atoms with Crippen molar-refractivity contribution in [3.05, 3.63) is 88.4 Å². The Morgan fingerprint density at radius 3 is 2.44 bits per heavy atom. The first-order valence-corrected chi connectivity index (χ1v) is 13.6. The molecule has 0 spiro atoms. The molecule has 7 heteroatoms. The van der Waals surface area contributed by atoms with Gasteiger partial charge in [-0.15, -0.1) is 0 Å². The topological polar surface area (TPSA) is 61.4 Å². The van der Waals surface area contributed by atoms with E-state index in [0.717, 1.165) is 47.5 Å². The van der Waals surface area contributed by atoms with Crippen LogP contribution in [0.1, 0.15) is 29.5 Å². The number of benzene rings is 3. The van der Waals surface area contributed by atoms with E-state index in [-0.39, 0.29) is 5.54 Å². The van der Waals surface area contributed by atoms with Gasteiger partial charge in [-0.05, 0) is 74.2 Å². The van der Waals surface area contributed by atoms with Crippen molar-refractivity contribution < 1.29 is 8.42 Å². The number of anilines is 2. The predicted molar refractivity (Wildman–Crippen MR) is 139 cm³/mol. The highest BCUT2D eigenvalue weighted by Crippen LogP contribution is 2.53. The highest BCUT2D eigenvalue weighted by atomic mass is 35.5. The van der Waals surface area contributed by atoms with E-state index in [1.165, 1.54) is 0 Å². The molecule has 1 aliphatic carbocycles. The summed E-state index contributed by atoms with van der Waals surface area (Å²) in [5, 5.41) is 6.82. The number of piperazine rings is 1. The van der Waals surface area contributed by atoms with E-state index in [1.54, 1.807) is 12.1 Å². The zero-order valence-electron chi connectivity index (χ0n) is 19.5. The lowest BCUT2D eigenvalue weighted by atomic mass is 10.0. The molecule has 5 nitrogen and oxygen atoms in total. The van der Waals surface area contributed by atoms with E-state index in [0.29, 0.717) is 23.0 Å². The van der Waals surface area contributed by atoms with Gasteiger partial charge in [-0.2, -0.15) is 0 Å². The summed E-state index contributed by atoms with van der Waals surface area (Å²) in [6.45, 7) is 5.88. The van der Waals surface area contributed by atoms with E-state index < -0.39 is 15.2 Å². The second kappa shape index (κ2) is 9.00. The SMILES string of the molecule is Cc1ccc(S(=O)(=O)C2CNCCN2C2(c3cccc(Nc4ccc(C)cc4Cl)c3)CC2)cc1. The summed E-state index contributed by atoms with van der Waals surface area (Å²) < 4.78 is 27.4. The van der Waals surface area contributed by atoms with Crippen molar-refractivity contribution in [3.8, 4) is 0 Å². The smallest absolute Gasteiger partial charge is 0.195 e. The Morgan fingerprint density at radius 1 is 1.00 bits per heavy atom. The third-order valence-corrected chi connectivity index (χ3v) is 9.36. The van der Waals surface area contributed by atoms with Crippen LogP contribution in [0.5, 0.6) is 0 Å². The number of nitrogens with one attached hydrogen (secondary N) is 2. The molecular formula is C27H30ClN3O2S. The van der Waals surface area contributed by atoms with Crippen molar-refractivity contribution in [2.24, 2.45) is 0 Å². The first kappa shape index (κ1) is 23.4. The molecule has 2 fully saturated rings. The van der Waals surface area contributed by atoms with Crippen LogP contribution in [0, 0.1) is 13.8 Å². The molecule has 0 aromatic heterocycles. The zero-order chi connectivity index (χ0) is 23.9. The molecule has 5 rings (SSSR count). The standard InChI is InChI=1S/C27H30ClN3O2S/c1-19-6-9-23(10-7-19)34(32,33)26-18-29-14-15-31(26)27(12-13-27)21-4-3-5-22(17-21)30-25-11-8-20(2)16-24(25)28/h3-11,16-17,26,29-30H,12-15,18H2,1-2H3. The Balaban J connectivity index is 1.46. The average Bonchev–Trinajstić information content (AvgIpc) is 3.64. The van der Waals surface area contributed by atoms with Crippen LogP contribution >= 0.6 is 11.6 Å². The molecule has 1 unspecified atom stereocenters. The van der Waals surface area contributed by atoms with Crippen LogP contribution in [0.4, 0.5) is 11.4 Å². The second-order valence-electron chi connectivity index (χ2n) is 9.43. The Bertz CT molecular complexity index is 1300.